The number of hydrogen-bond donors (Lipinski definition) is 1. The Balaban J connectivity index is 2.09. The largest absolute Gasteiger partial charge is 0.250 e. The number of halogens is 3. The van der Waals surface area contributed by atoms with Crippen molar-refractivity contribution in [1.82, 2.24) is 14.9 Å². The number of rotatable bonds is 3. The van der Waals surface area contributed by atoms with Crippen LogP contribution in [0.5, 0.6) is 0 Å². The van der Waals surface area contributed by atoms with E-state index in [1.165, 1.54) is 29.1 Å². The van der Waals surface area contributed by atoms with Gasteiger partial charge >= 0.3 is 0 Å². The van der Waals surface area contributed by atoms with E-state index < -0.39 is 11.6 Å². The van der Waals surface area contributed by atoms with Gasteiger partial charge in [-0.2, -0.15) is 14.9 Å². The molecule has 1 N–H and O–H groups in total. The lowest BCUT2D eigenvalue weighted by Crippen LogP contribution is -1.98. The zero-order chi connectivity index (χ0) is 16.4. The Morgan fingerprint density at radius 1 is 1.13 bits per heavy atom. The molecule has 1 heterocycles. The number of nitrogens with zero attached hydrogens (tertiary/aromatic N) is 3. The molecule has 2 aromatic carbocycles. The van der Waals surface area contributed by atoms with E-state index in [0.717, 1.165) is 0 Å². The molecule has 0 unspecified atom stereocenters. The van der Waals surface area contributed by atoms with E-state index >= 15 is 0 Å². The lowest BCUT2D eigenvalue weighted by Gasteiger charge is -2.03. The second-order valence-electron chi connectivity index (χ2n) is 4.52. The highest BCUT2D eigenvalue weighted by molar-refractivity contribution is 7.71. The van der Waals surface area contributed by atoms with E-state index in [9.17, 15) is 8.78 Å². The standard InChI is InChI=1S/C15H9ClF2N4S/c16-11-5-3-7-13(18)10(11)8-19-22-14(20-21-15(22)23)9-4-1-2-6-12(9)17/h1-8H,(H,21,23)/b19-8+. The molecule has 4 nitrogen and oxygen atoms in total. The maximum Gasteiger partial charge on any atom is 0.216 e. The summed E-state index contributed by atoms with van der Waals surface area (Å²) in [6.07, 6.45) is 1.22. The molecule has 0 radical (unpaired) electrons. The monoisotopic (exact) mass is 350 g/mol. The van der Waals surface area contributed by atoms with Crippen LogP contribution in [-0.4, -0.2) is 21.1 Å². The maximum absolute atomic E-state index is 13.9. The number of aromatic nitrogens is 3. The Morgan fingerprint density at radius 3 is 2.61 bits per heavy atom. The topological polar surface area (TPSA) is 46.0 Å². The smallest absolute Gasteiger partial charge is 0.216 e. The second kappa shape index (κ2) is 6.39. The minimum absolute atomic E-state index is 0.108. The van der Waals surface area contributed by atoms with Crippen LogP contribution in [0.1, 0.15) is 5.56 Å². The van der Waals surface area contributed by atoms with Gasteiger partial charge in [0, 0.05) is 5.56 Å². The molecule has 23 heavy (non-hydrogen) atoms. The molecule has 0 bridgehead atoms. The fraction of sp³-hybridized carbons (Fsp3) is 0. The SMILES string of the molecule is Fc1ccccc1-c1n[nH]c(=S)n1/N=C/c1c(F)cccc1Cl. The van der Waals surface area contributed by atoms with Crippen LogP contribution in [0.3, 0.4) is 0 Å². The van der Waals surface area contributed by atoms with Gasteiger partial charge in [0.1, 0.15) is 11.6 Å². The van der Waals surface area contributed by atoms with E-state index in [-0.39, 0.29) is 26.7 Å². The van der Waals surface area contributed by atoms with Crippen LogP contribution >= 0.6 is 23.8 Å². The molecule has 116 valence electrons. The predicted octanol–water partition coefficient (Wildman–Crippen LogP) is 4.42. The molecular formula is C15H9ClF2N4S. The molecule has 0 aliphatic heterocycles. The first-order chi connectivity index (χ1) is 11.1. The van der Waals surface area contributed by atoms with Crippen LogP contribution in [0.2, 0.25) is 5.02 Å². The minimum atomic E-state index is -0.524. The Hall–Kier alpha value is -2.38. The molecule has 1 aromatic heterocycles. The molecule has 3 aromatic rings. The first-order valence-corrected chi connectivity index (χ1v) is 7.27. The van der Waals surface area contributed by atoms with Crippen LogP contribution in [0.15, 0.2) is 47.6 Å². The highest BCUT2D eigenvalue weighted by Crippen LogP contribution is 2.21. The van der Waals surface area contributed by atoms with Crippen LogP contribution in [0.25, 0.3) is 11.4 Å². The van der Waals surface area contributed by atoms with Crippen molar-refractivity contribution in [3.05, 3.63) is 69.5 Å². The van der Waals surface area contributed by atoms with E-state index in [4.69, 9.17) is 23.8 Å². The van der Waals surface area contributed by atoms with E-state index in [1.54, 1.807) is 24.3 Å². The van der Waals surface area contributed by atoms with Gasteiger partial charge in [0.2, 0.25) is 4.77 Å². The Kier molecular flexibility index (Phi) is 4.31. The Bertz CT molecular complexity index is 928. The maximum atomic E-state index is 13.9. The molecule has 3 rings (SSSR count). The molecule has 0 saturated heterocycles. The quantitative estimate of drug-likeness (QED) is 0.561. The molecule has 0 spiro atoms. The summed E-state index contributed by atoms with van der Waals surface area (Å²) in [6.45, 7) is 0. The van der Waals surface area contributed by atoms with Crippen LogP contribution in [-0.2, 0) is 0 Å². The first kappa shape index (κ1) is 15.5. The fourth-order valence-corrected chi connectivity index (χ4v) is 2.36. The molecule has 0 fully saturated rings. The summed E-state index contributed by atoms with van der Waals surface area (Å²) in [5.74, 6) is -0.817. The lowest BCUT2D eigenvalue weighted by atomic mass is 10.2. The third-order valence-corrected chi connectivity index (χ3v) is 3.66. The third kappa shape index (κ3) is 3.06. The summed E-state index contributed by atoms with van der Waals surface area (Å²) in [5.41, 5.74) is 0.327. The average Bonchev–Trinajstić information content (AvgIpc) is 2.88. The predicted molar refractivity (Wildman–Crippen MR) is 87.2 cm³/mol. The second-order valence-corrected chi connectivity index (χ2v) is 5.32. The van der Waals surface area contributed by atoms with Gasteiger partial charge in [-0.1, -0.05) is 29.8 Å². The molecule has 0 amide bonds. The van der Waals surface area contributed by atoms with Crippen LogP contribution < -0.4 is 0 Å². The molecule has 0 saturated carbocycles. The molecule has 0 aliphatic carbocycles. The number of hydrogen-bond acceptors (Lipinski definition) is 3. The summed E-state index contributed by atoms with van der Waals surface area (Å²) >= 11 is 11.0. The Labute approximate surface area is 140 Å². The zero-order valence-corrected chi connectivity index (χ0v) is 13.1. The number of aromatic amines is 1. The van der Waals surface area contributed by atoms with Gasteiger partial charge in [-0.25, -0.2) is 13.9 Å². The van der Waals surface area contributed by atoms with Crippen molar-refractivity contribution < 1.29 is 8.78 Å². The van der Waals surface area contributed by atoms with Crippen molar-refractivity contribution in [2.24, 2.45) is 5.10 Å². The number of nitrogens with one attached hydrogen (secondary N) is 1. The van der Waals surface area contributed by atoms with Gasteiger partial charge in [-0.3, -0.25) is 0 Å². The molecule has 0 aliphatic rings. The average molecular weight is 351 g/mol. The van der Waals surface area contributed by atoms with Gasteiger partial charge in [-0.05, 0) is 36.5 Å². The minimum Gasteiger partial charge on any atom is -0.250 e. The summed E-state index contributed by atoms with van der Waals surface area (Å²) in [7, 11) is 0. The summed E-state index contributed by atoms with van der Waals surface area (Å²) in [5, 5.41) is 10.8. The van der Waals surface area contributed by atoms with E-state index in [2.05, 4.69) is 15.3 Å². The number of benzene rings is 2. The van der Waals surface area contributed by atoms with Gasteiger partial charge < -0.3 is 0 Å². The van der Waals surface area contributed by atoms with Crippen molar-refractivity contribution in [1.29, 1.82) is 0 Å². The molecular weight excluding hydrogens is 342 g/mol. The highest BCUT2D eigenvalue weighted by atomic mass is 35.5. The van der Waals surface area contributed by atoms with Gasteiger partial charge in [0.25, 0.3) is 0 Å². The fourth-order valence-electron chi connectivity index (χ4n) is 1.97. The van der Waals surface area contributed by atoms with Gasteiger partial charge in [0.15, 0.2) is 5.82 Å². The normalized spacial score (nSPS) is 11.3. The van der Waals surface area contributed by atoms with Crippen molar-refractivity contribution >= 4 is 30.0 Å². The van der Waals surface area contributed by atoms with Gasteiger partial charge in [-0.15, -0.1) is 0 Å². The first-order valence-electron chi connectivity index (χ1n) is 6.48. The Morgan fingerprint density at radius 2 is 1.87 bits per heavy atom. The third-order valence-electron chi connectivity index (χ3n) is 3.07. The van der Waals surface area contributed by atoms with Crippen molar-refractivity contribution in [2.75, 3.05) is 0 Å². The number of H-pyrrole nitrogens is 1. The molecule has 0 atom stereocenters. The summed E-state index contributed by atoms with van der Waals surface area (Å²) in [6, 6.07) is 10.4. The lowest BCUT2D eigenvalue weighted by molar-refractivity contribution is 0.625. The summed E-state index contributed by atoms with van der Waals surface area (Å²) in [4.78, 5) is 0. The van der Waals surface area contributed by atoms with E-state index in [0.29, 0.717) is 0 Å². The van der Waals surface area contributed by atoms with Crippen LogP contribution in [0, 0.1) is 16.4 Å². The van der Waals surface area contributed by atoms with Crippen molar-refractivity contribution in [2.45, 2.75) is 0 Å². The van der Waals surface area contributed by atoms with Crippen molar-refractivity contribution in [3.8, 4) is 11.4 Å². The van der Waals surface area contributed by atoms with Crippen molar-refractivity contribution in [3.63, 3.8) is 0 Å². The molecule has 8 heteroatoms. The van der Waals surface area contributed by atoms with Gasteiger partial charge in [0.05, 0.1) is 16.8 Å². The summed E-state index contributed by atoms with van der Waals surface area (Å²) < 4.78 is 29.0. The van der Waals surface area contributed by atoms with Crippen LogP contribution in [0.4, 0.5) is 8.78 Å². The van der Waals surface area contributed by atoms with E-state index in [1.807, 2.05) is 0 Å². The highest BCUT2D eigenvalue weighted by Gasteiger charge is 2.12. The zero-order valence-electron chi connectivity index (χ0n) is 11.5.